The molecular formula is C17H25N3O3. The van der Waals surface area contributed by atoms with E-state index in [0.29, 0.717) is 6.54 Å². The fourth-order valence-electron chi connectivity index (χ4n) is 2.77. The van der Waals surface area contributed by atoms with Crippen molar-refractivity contribution in [1.29, 1.82) is 0 Å². The number of carbonyl (C=O) groups is 2. The van der Waals surface area contributed by atoms with Crippen LogP contribution >= 0.6 is 0 Å². The Morgan fingerprint density at radius 2 is 1.91 bits per heavy atom. The molecule has 23 heavy (non-hydrogen) atoms. The molecule has 6 heteroatoms. The van der Waals surface area contributed by atoms with Gasteiger partial charge in [-0.2, -0.15) is 0 Å². The van der Waals surface area contributed by atoms with E-state index < -0.39 is 5.97 Å². The molecule has 1 saturated heterocycles. The van der Waals surface area contributed by atoms with Gasteiger partial charge in [0.15, 0.2) is 0 Å². The predicted molar refractivity (Wildman–Crippen MR) is 89.6 cm³/mol. The molecule has 2 N–H and O–H groups in total. The van der Waals surface area contributed by atoms with Crippen molar-refractivity contribution >= 4 is 17.7 Å². The molecule has 0 aliphatic carbocycles. The Balaban J connectivity index is 1.92. The van der Waals surface area contributed by atoms with Gasteiger partial charge in [0.1, 0.15) is 0 Å². The predicted octanol–water partition coefficient (Wildman–Crippen LogP) is 2.29. The van der Waals surface area contributed by atoms with Crippen LogP contribution in [0.25, 0.3) is 0 Å². The number of hydrogen-bond acceptors (Lipinski definition) is 3. The maximum absolute atomic E-state index is 12.0. The first-order valence-corrected chi connectivity index (χ1v) is 8.11. The van der Waals surface area contributed by atoms with E-state index in [2.05, 4.69) is 16.3 Å². The largest absolute Gasteiger partial charge is 0.481 e. The number of carbonyl (C=O) groups excluding carboxylic acids is 1. The smallest absolute Gasteiger partial charge is 0.317 e. The van der Waals surface area contributed by atoms with Gasteiger partial charge in [-0.15, -0.1) is 0 Å². The van der Waals surface area contributed by atoms with Gasteiger partial charge in [0.05, 0.1) is 6.42 Å². The molecule has 1 aromatic carbocycles. The van der Waals surface area contributed by atoms with Crippen LogP contribution in [0.15, 0.2) is 24.3 Å². The highest BCUT2D eigenvalue weighted by molar-refractivity contribution is 5.75. The lowest BCUT2D eigenvalue weighted by atomic mass is 10.1. The quantitative estimate of drug-likeness (QED) is 0.844. The number of carboxylic acid groups (broad SMARTS) is 1. The Morgan fingerprint density at radius 3 is 2.61 bits per heavy atom. The van der Waals surface area contributed by atoms with Gasteiger partial charge >= 0.3 is 12.0 Å². The molecule has 1 fully saturated rings. The van der Waals surface area contributed by atoms with Crippen LogP contribution in [0, 0.1) is 0 Å². The molecule has 0 bridgehead atoms. The monoisotopic (exact) mass is 319 g/mol. The summed E-state index contributed by atoms with van der Waals surface area (Å²) in [6.45, 7) is 2.77. The Labute approximate surface area is 137 Å². The van der Waals surface area contributed by atoms with Crippen LogP contribution < -0.4 is 10.2 Å². The molecule has 1 aromatic rings. The van der Waals surface area contributed by atoms with E-state index in [1.165, 1.54) is 29.8 Å². The Bertz CT molecular complexity index is 542. The van der Waals surface area contributed by atoms with Crippen molar-refractivity contribution in [2.75, 3.05) is 31.6 Å². The maximum Gasteiger partial charge on any atom is 0.317 e. The van der Waals surface area contributed by atoms with Gasteiger partial charge in [0, 0.05) is 38.9 Å². The first-order valence-electron chi connectivity index (χ1n) is 8.11. The molecular weight excluding hydrogens is 294 g/mol. The summed E-state index contributed by atoms with van der Waals surface area (Å²) >= 11 is 0. The molecule has 2 rings (SSSR count). The number of aliphatic carboxylic acids is 1. The zero-order valence-electron chi connectivity index (χ0n) is 13.6. The average molecular weight is 319 g/mol. The highest BCUT2D eigenvalue weighted by Crippen LogP contribution is 2.23. The minimum Gasteiger partial charge on any atom is -0.481 e. The van der Waals surface area contributed by atoms with Gasteiger partial charge in [-0.1, -0.05) is 18.2 Å². The van der Waals surface area contributed by atoms with Crippen LogP contribution in [0.5, 0.6) is 0 Å². The van der Waals surface area contributed by atoms with E-state index in [4.69, 9.17) is 5.11 Å². The number of rotatable bonds is 6. The van der Waals surface area contributed by atoms with Crippen LogP contribution in [-0.2, 0) is 11.3 Å². The van der Waals surface area contributed by atoms with Crippen molar-refractivity contribution in [3.63, 3.8) is 0 Å². The third kappa shape index (κ3) is 5.16. The molecule has 0 atom stereocenters. The molecule has 6 nitrogen and oxygen atoms in total. The van der Waals surface area contributed by atoms with Gasteiger partial charge in [0.25, 0.3) is 0 Å². The molecule has 2 amide bonds. The zero-order chi connectivity index (χ0) is 16.7. The number of nitrogens with one attached hydrogen (secondary N) is 1. The van der Waals surface area contributed by atoms with Crippen molar-refractivity contribution in [3.05, 3.63) is 29.8 Å². The Morgan fingerprint density at radius 1 is 1.22 bits per heavy atom. The fourth-order valence-corrected chi connectivity index (χ4v) is 2.77. The number of carboxylic acids is 1. The van der Waals surface area contributed by atoms with E-state index in [1.54, 1.807) is 7.05 Å². The fraction of sp³-hybridized carbons (Fsp3) is 0.529. The molecule has 1 aliphatic rings. The summed E-state index contributed by atoms with van der Waals surface area (Å²) in [7, 11) is 1.61. The number of urea groups is 1. The van der Waals surface area contributed by atoms with Crippen molar-refractivity contribution in [3.8, 4) is 0 Å². The van der Waals surface area contributed by atoms with Crippen LogP contribution in [0.1, 0.15) is 31.2 Å². The van der Waals surface area contributed by atoms with Crippen LogP contribution in [0.4, 0.5) is 10.5 Å². The van der Waals surface area contributed by atoms with E-state index in [0.717, 1.165) is 18.7 Å². The number of nitrogens with zero attached hydrogens (tertiary/aromatic N) is 2. The number of amides is 2. The lowest BCUT2D eigenvalue weighted by molar-refractivity contribution is -0.137. The zero-order valence-corrected chi connectivity index (χ0v) is 13.6. The minimum atomic E-state index is -0.903. The first-order chi connectivity index (χ1) is 11.1. The van der Waals surface area contributed by atoms with Gasteiger partial charge in [-0.25, -0.2) is 4.79 Å². The van der Waals surface area contributed by atoms with Crippen molar-refractivity contribution in [1.82, 2.24) is 10.2 Å². The number of benzene rings is 1. The van der Waals surface area contributed by atoms with Gasteiger partial charge < -0.3 is 20.2 Å². The summed E-state index contributed by atoms with van der Waals surface area (Å²) < 4.78 is 0. The molecule has 126 valence electrons. The third-order valence-electron chi connectivity index (χ3n) is 4.13. The second kappa shape index (κ2) is 8.41. The molecule has 0 saturated carbocycles. The summed E-state index contributed by atoms with van der Waals surface area (Å²) in [5, 5.41) is 11.5. The summed E-state index contributed by atoms with van der Waals surface area (Å²) in [4.78, 5) is 26.4. The number of para-hydroxylation sites is 1. The normalized spacial score (nSPS) is 14.4. The second-order valence-corrected chi connectivity index (χ2v) is 5.90. The number of anilines is 1. The van der Waals surface area contributed by atoms with Gasteiger partial charge in [-0.3, -0.25) is 4.79 Å². The lowest BCUT2D eigenvalue weighted by Crippen LogP contribution is -2.38. The van der Waals surface area contributed by atoms with Crippen molar-refractivity contribution in [2.24, 2.45) is 0 Å². The molecule has 0 unspecified atom stereocenters. The topological polar surface area (TPSA) is 72.9 Å². The summed E-state index contributed by atoms with van der Waals surface area (Å²) in [6, 6.07) is 7.87. The van der Waals surface area contributed by atoms with Crippen molar-refractivity contribution < 1.29 is 14.7 Å². The van der Waals surface area contributed by atoms with E-state index in [1.807, 2.05) is 18.2 Å². The van der Waals surface area contributed by atoms with E-state index in [-0.39, 0.29) is 19.0 Å². The lowest BCUT2D eigenvalue weighted by Gasteiger charge is -2.30. The molecule has 0 aromatic heterocycles. The SMILES string of the molecule is CN(CCC(=O)O)C(=O)NCc1ccccc1N1CCCCC1. The first kappa shape index (κ1) is 17.1. The van der Waals surface area contributed by atoms with E-state index >= 15 is 0 Å². The number of piperidine rings is 1. The maximum atomic E-state index is 12.0. The Kier molecular flexibility index (Phi) is 6.26. The Hall–Kier alpha value is -2.24. The van der Waals surface area contributed by atoms with Crippen molar-refractivity contribution in [2.45, 2.75) is 32.2 Å². The molecule has 1 heterocycles. The standard InChI is InChI=1S/C17H25N3O3/c1-19(12-9-16(21)22)17(23)18-13-14-7-3-4-8-15(14)20-10-5-2-6-11-20/h3-4,7-8H,2,5-6,9-13H2,1H3,(H,18,23)(H,21,22). The highest BCUT2D eigenvalue weighted by Gasteiger charge is 2.15. The van der Waals surface area contributed by atoms with Gasteiger partial charge in [-0.05, 0) is 30.9 Å². The third-order valence-corrected chi connectivity index (χ3v) is 4.13. The molecule has 0 spiro atoms. The van der Waals surface area contributed by atoms with E-state index in [9.17, 15) is 9.59 Å². The number of hydrogen-bond donors (Lipinski definition) is 2. The average Bonchev–Trinajstić information content (AvgIpc) is 2.58. The second-order valence-electron chi connectivity index (χ2n) is 5.90. The van der Waals surface area contributed by atoms with Crippen LogP contribution in [0.3, 0.4) is 0 Å². The molecule has 1 aliphatic heterocycles. The molecule has 0 radical (unpaired) electrons. The summed E-state index contributed by atoms with van der Waals surface area (Å²) in [5.74, 6) is -0.903. The summed E-state index contributed by atoms with van der Waals surface area (Å²) in [6.07, 6.45) is 3.65. The summed E-state index contributed by atoms with van der Waals surface area (Å²) in [5.41, 5.74) is 2.27. The highest BCUT2D eigenvalue weighted by atomic mass is 16.4. The van der Waals surface area contributed by atoms with Crippen LogP contribution in [-0.4, -0.2) is 48.7 Å². The van der Waals surface area contributed by atoms with Gasteiger partial charge in [0.2, 0.25) is 0 Å². The minimum absolute atomic E-state index is 0.0473. The van der Waals surface area contributed by atoms with Crippen LogP contribution in [0.2, 0.25) is 0 Å².